The summed E-state index contributed by atoms with van der Waals surface area (Å²) in [5, 5.41) is 9.27. The quantitative estimate of drug-likeness (QED) is 0.609. The van der Waals surface area contributed by atoms with Crippen LogP contribution in [0.15, 0.2) is 0 Å². The van der Waals surface area contributed by atoms with Gasteiger partial charge in [-0.3, -0.25) is 9.80 Å². The molecule has 0 aromatic carbocycles. The Labute approximate surface area is 69.6 Å². The van der Waals surface area contributed by atoms with Gasteiger partial charge in [0.15, 0.2) is 0 Å². The Kier molecular flexibility index (Phi) is 4.65. The molecule has 11 heavy (non-hydrogen) atoms. The zero-order valence-corrected chi connectivity index (χ0v) is 8.20. The van der Waals surface area contributed by atoms with Crippen molar-refractivity contribution in [3.05, 3.63) is 0 Å². The molecule has 0 aliphatic carbocycles. The number of hydrogen-bond donors (Lipinski definition) is 1. The van der Waals surface area contributed by atoms with Crippen molar-refractivity contribution >= 4 is 0 Å². The molecular weight excluding hydrogens is 140 g/mol. The molecule has 0 fully saturated rings. The Morgan fingerprint density at radius 1 is 1.27 bits per heavy atom. The highest BCUT2D eigenvalue weighted by molar-refractivity contribution is 4.64. The minimum Gasteiger partial charge on any atom is -0.379 e. The molecule has 68 valence electrons. The van der Waals surface area contributed by atoms with Crippen LogP contribution in [-0.4, -0.2) is 48.4 Å². The van der Waals surface area contributed by atoms with Crippen LogP contribution < -0.4 is 0 Å². The number of rotatable bonds is 4. The standard InChI is InChI=1S/C8H20N2O/c1-6-8(9(3)4)10(5)7(2)11/h7-8,11H,6H2,1-5H3. The van der Waals surface area contributed by atoms with E-state index in [9.17, 15) is 5.11 Å². The Balaban J connectivity index is 4.02. The molecule has 1 N–H and O–H groups in total. The summed E-state index contributed by atoms with van der Waals surface area (Å²) in [6.45, 7) is 3.90. The molecule has 3 nitrogen and oxygen atoms in total. The average molecular weight is 160 g/mol. The summed E-state index contributed by atoms with van der Waals surface area (Å²) >= 11 is 0. The van der Waals surface area contributed by atoms with Gasteiger partial charge in [-0.05, 0) is 34.5 Å². The summed E-state index contributed by atoms with van der Waals surface area (Å²) in [7, 11) is 5.97. The highest BCUT2D eigenvalue weighted by Crippen LogP contribution is 2.06. The van der Waals surface area contributed by atoms with Gasteiger partial charge in [0.2, 0.25) is 0 Å². The SMILES string of the molecule is CCC(N(C)C)N(C)C(C)O. The van der Waals surface area contributed by atoms with E-state index in [1.807, 2.05) is 26.0 Å². The lowest BCUT2D eigenvalue weighted by Gasteiger charge is -2.34. The summed E-state index contributed by atoms with van der Waals surface area (Å²) < 4.78 is 0. The van der Waals surface area contributed by atoms with E-state index in [0.29, 0.717) is 6.17 Å². The van der Waals surface area contributed by atoms with Crippen LogP contribution in [0.1, 0.15) is 20.3 Å². The molecule has 0 aromatic rings. The molecule has 0 aromatic heterocycles. The van der Waals surface area contributed by atoms with Crippen molar-refractivity contribution in [1.82, 2.24) is 9.80 Å². The predicted octanol–water partition coefficient (Wildman–Crippen LogP) is 0.554. The van der Waals surface area contributed by atoms with Gasteiger partial charge in [-0.1, -0.05) is 6.92 Å². The fraction of sp³-hybridized carbons (Fsp3) is 1.00. The van der Waals surface area contributed by atoms with Crippen LogP contribution in [0.25, 0.3) is 0 Å². The number of nitrogens with zero attached hydrogens (tertiary/aromatic N) is 2. The van der Waals surface area contributed by atoms with Crippen molar-refractivity contribution in [3.8, 4) is 0 Å². The Hall–Kier alpha value is -0.120. The fourth-order valence-corrected chi connectivity index (χ4v) is 1.27. The van der Waals surface area contributed by atoms with Crippen LogP contribution in [0.2, 0.25) is 0 Å². The Bertz CT molecular complexity index is 104. The van der Waals surface area contributed by atoms with E-state index >= 15 is 0 Å². The Morgan fingerprint density at radius 2 is 1.73 bits per heavy atom. The highest BCUT2D eigenvalue weighted by atomic mass is 16.3. The van der Waals surface area contributed by atoms with Crippen LogP contribution in [-0.2, 0) is 0 Å². The van der Waals surface area contributed by atoms with Gasteiger partial charge in [0.05, 0.1) is 6.17 Å². The van der Waals surface area contributed by atoms with Crippen molar-refractivity contribution in [3.63, 3.8) is 0 Å². The van der Waals surface area contributed by atoms with Crippen LogP contribution in [0.5, 0.6) is 0 Å². The maximum Gasteiger partial charge on any atom is 0.105 e. The van der Waals surface area contributed by atoms with Gasteiger partial charge >= 0.3 is 0 Å². The van der Waals surface area contributed by atoms with Crippen molar-refractivity contribution in [1.29, 1.82) is 0 Å². The van der Waals surface area contributed by atoms with E-state index in [2.05, 4.69) is 11.8 Å². The summed E-state index contributed by atoms with van der Waals surface area (Å²) in [5.41, 5.74) is 0. The lowest BCUT2D eigenvalue weighted by Crippen LogP contribution is -2.46. The van der Waals surface area contributed by atoms with Gasteiger partial charge in [-0.2, -0.15) is 0 Å². The van der Waals surface area contributed by atoms with Crippen LogP contribution in [0.3, 0.4) is 0 Å². The first kappa shape index (κ1) is 10.9. The normalized spacial score (nSPS) is 17.5. The summed E-state index contributed by atoms with van der Waals surface area (Å²) in [5.74, 6) is 0. The van der Waals surface area contributed by atoms with Gasteiger partial charge in [-0.15, -0.1) is 0 Å². The van der Waals surface area contributed by atoms with Crippen molar-refractivity contribution < 1.29 is 5.11 Å². The molecule has 0 spiro atoms. The van der Waals surface area contributed by atoms with Crippen molar-refractivity contribution in [2.75, 3.05) is 21.1 Å². The molecule has 0 aliphatic heterocycles. The smallest absolute Gasteiger partial charge is 0.105 e. The topological polar surface area (TPSA) is 26.7 Å². The monoisotopic (exact) mass is 160 g/mol. The second kappa shape index (κ2) is 4.70. The van der Waals surface area contributed by atoms with Gasteiger partial charge in [-0.25, -0.2) is 0 Å². The summed E-state index contributed by atoms with van der Waals surface area (Å²) in [4.78, 5) is 4.05. The van der Waals surface area contributed by atoms with E-state index < -0.39 is 0 Å². The second-order valence-corrected chi connectivity index (χ2v) is 3.15. The van der Waals surface area contributed by atoms with E-state index in [4.69, 9.17) is 0 Å². The number of hydrogen-bond acceptors (Lipinski definition) is 3. The summed E-state index contributed by atoms with van der Waals surface area (Å²) in [6, 6.07) is 0. The largest absolute Gasteiger partial charge is 0.379 e. The summed E-state index contributed by atoms with van der Waals surface area (Å²) in [6.07, 6.45) is 0.978. The van der Waals surface area contributed by atoms with Crippen LogP contribution in [0.4, 0.5) is 0 Å². The van der Waals surface area contributed by atoms with Crippen molar-refractivity contribution in [2.45, 2.75) is 32.7 Å². The molecule has 0 aliphatic rings. The molecule has 0 saturated carbocycles. The minimum absolute atomic E-state index is 0.329. The molecule has 0 radical (unpaired) electrons. The first-order valence-corrected chi connectivity index (χ1v) is 4.07. The van der Waals surface area contributed by atoms with Crippen molar-refractivity contribution in [2.24, 2.45) is 0 Å². The van der Waals surface area contributed by atoms with Gasteiger partial charge in [0.1, 0.15) is 6.23 Å². The molecule has 2 atom stereocenters. The van der Waals surface area contributed by atoms with E-state index in [1.165, 1.54) is 0 Å². The number of aliphatic hydroxyl groups is 1. The van der Waals surface area contributed by atoms with Crippen LogP contribution in [0, 0.1) is 0 Å². The molecule has 2 unspecified atom stereocenters. The first-order valence-electron chi connectivity index (χ1n) is 4.07. The maximum atomic E-state index is 9.27. The zero-order chi connectivity index (χ0) is 9.02. The maximum absolute atomic E-state index is 9.27. The molecule has 0 amide bonds. The second-order valence-electron chi connectivity index (χ2n) is 3.15. The molecular formula is C8H20N2O. The number of aliphatic hydroxyl groups excluding tert-OH is 1. The van der Waals surface area contributed by atoms with Gasteiger partial charge in [0, 0.05) is 0 Å². The van der Waals surface area contributed by atoms with E-state index in [-0.39, 0.29) is 6.23 Å². The fourth-order valence-electron chi connectivity index (χ4n) is 1.27. The molecule has 0 saturated heterocycles. The minimum atomic E-state index is -0.373. The van der Waals surface area contributed by atoms with E-state index in [1.54, 1.807) is 6.92 Å². The average Bonchev–Trinajstić information content (AvgIpc) is 1.88. The third kappa shape index (κ3) is 3.18. The molecule has 0 rings (SSSR count). The Morgan fingerprint density at radius 3 is 1.82 bits per heavy atom. The van der Waals surface area contributed by atoms with Gasteiger partial charge in [0.25, 0.3) is 0 Å². The lowest BCUT2D eigenvalue weighted by molar-refractivity contribution is -0.0363. The highest BCUT2D eigenvalue weighted by Gasteiger charge is 2.17. The van der Waals surface area contributed by atoms with Gasteiger partial charge < -0.3 is 5.11 Å². The molecule has 0 bridgehead atoms. The van der Waals surface area contributed by atoms with E-state index in [0.717, 1.165) is 6.42 Å². The third-order valence-electron chi connectivity index (χ3n) is 2.02. The lowest BCUT2D eigenvalue weighted by atomic mass is 10.3. The third-order valence-corrected chi connectivity index (χ3v) is 2.02. The predicted molar refractivity (Wildman–Crippen MR) is 47.2 cm³/mol. The van der Waals surface area contributed by atoms with Crippen LogP contribution >= 0.6 is 0 Å². The molecule has 3 heteroatoms. The molecule has 0 heterocycles. The first-order chi connectivity index (χ1) is 5.00. The zero-order valence-electron chi connectivity index (χ0n) is 8.20.